The highest BCUT2D eigenvalue weighted by Gasteiger charge is 1.93. The summed E-state index contributed by atoms with van der Waals surface area (Å²) < 4.78 is 5.63. The number of hydrogen-bond acceptors (Lipinski definition) is 1. The largest absolute Gasteiger partial charge is 0.490 e. The van der Waals surface area contributed by atoms with Gasteiger partial charge in [-0.1, -0.05) is 60.7 Å². The Balaban J connectivity index is 1.65. The van der Waals surface area contributed by atoms with E-state index in [4.69, 9.17) is 4.74 Å². The predicted octanol–water partition coefficient (Wildman–Crippen LogP) is 4.93. The van der Waals surface area contributed by atoms with E-state index < -0.39 is 0 Å². The Morgan fingerprint density at radius 1 is 0.750 bits per heavy atom. The second-order valence-electron chi connectivity index (χ2n) is 4.63. The van der Waals surface area contributed by atoms with Gasteiger partial charge in [0.05, 0.1) is 0 Å². The molecule has 1 nitrogen and oxygen atoms in total. The fraction of sp³-hybridized carbons (Fsp3) is 0.0526. The van der Waals surface area contributed by atoms with Crippen molar-refractivity contribution < 1.29 is 4.74 Å². The average molecular weight is 260 g/mol. The van der Waals surface area contributed by atoms with Crippen molar-refractivity contribution in [2.24, 2.45) is 0 Å². The summed E-state index contributed by atoms with van der Waals surface area (Å²) in [7, 11) is 0. The lowest BCUT2D eigenvalue weighted by atomic mass is 10.1. The van der Waals surface area contributed by atoms with Gasteiger partial charge in [0, 0.05) is 0 Å². The molecule has 0 bridgehead atoms. The molecule has 0 radical (unpaired) electrons. The summed E-state index contributed by atoms with van der Waals surface area (Å²) in [5, 5.41) is 2.53. The second kappa shape index (κ2) is 6.07. The van der Waals surface area contributed by atoms with Gasteiger partial charge in [-0.3, -0.25) is 0 Å². The lowest BCUT2D eigenvalue weighted by Crippen LogP contribution is -1.92. The molecule has 0 saturated heterocycles. The zero-order chi connectivity index (χ0) is 13.6. The van der Waals surface area contributed by atoms with E-state index in [0.29, 0.717) is 6.61 Å². The number of fused-ring (bicyclic) bond motifs is 1. The Labute approximate surface area is 119 Å². The number of rotatable bonds is 4. The van der Waals surface area contributed by atoms with Crippen molar-refractivity contribution in [3.8, 4) is 5.75 Å². The fourth-order valence-corrected chi connectivity index (χ4v) is 2.16. The van der Waals surface area contributed by atoms with E-state index in [2.05, 4.69) is 48.5 Å². The van der Waals surface area contributed by atoms with Crippen LogP contribution in [0.2, 0.25) is 0 Å². The molecule has 0 aliphatic rings. The van der Waals surface area contributed by atoms with Crippen LogP contribution in [0.15, 0.2) is 78.9 Å². The summed E-state index contributed by atoms with van der Waals surface area (Å²) in [5.41, 5.74) is 1.19. The molecule has 0 saturated carbocycles. The van der Waals surface area contributed by atoms with Gasteiger partial charge >= 0.3 is 0 Å². The minimum atomic E-state index is 0.580. The highest BCUT2D eigenvalue weighted by atomic mass is 16.5. The summed E-state index contributed by atoms with van der Waals surface area (Å²) in [6.45, 7) is 0.580. The molecule has 0 fully saturated rings. The zero-order valence-corrected chi connectivity index (χ0v) is 11.2. The smallest absolute Gasteiger partial charge is 0.119 e. The van der Waals surface area contributed by atoms with Gasteiger partial charge in [0.25, 0.3) is 0 Å². The summed E-state index contributed by atoms with van der Waals surface area (Å²) in [4.78, 5) is 0. The molecule has 0 spiro atoms. The van der Waals surface area contributed by atoms with Gasteiger partial charge in [0.1, 0.15) is 12.4 Å². The summed E-state index contributed by atoms with van der Waals surface area (Å²) in [6, 6.07) is 24.7. The monoisotopic (exact) mass is 260 g/mol. The van der Waals surface area contributed by atoms with Crippen molar-refractivity contribution in [3.05, 3.63) is 84.4 Å². The van der Waals surface area contributed by atoms with Crippen LogP contribution >= 0.6 is 0 Å². The van der Waals surface area contributed by atoms with Crippen molar-refractivity contribution >= 4 is 16.8 Å². The first-order chi connectivity index (χ1) is 9.92. The predicted molar refractivity (Wildman–Crippen MR) is 84.9 cm³/mol. The molecule has 0 unspecified atom stereocenters. The van der Waals surface area contributed by atoms with E-state index in [9.17, 15) is 0 Å². The Morgan fingerprint density at radius 3 is 2.35 bits per heavy atom. The molecule has 3 aromatic rings. The van der Waals surface area contributed by atoms with Crippen LogP contribution in [0.1, 0.15) is 5.56 Å². The Hall–Kier alpha value is -2.54. The van der Waals surface area contributed by atoms with Crippen LogP contribution in [0.25, 0.3) is 16.8 Å². The van der Waals surface area contributed by atoms with Gasteiger partial charge in [-0.05, 0) is 40.6 Å². The van der Waals surface area contributed by atoms with Gasteiger partial charge < -0.3 is 4.74 Å². The second-order valence-corrected chi connectivity index (χ2v) is 4.63. The molecule has 0 N–H and O–H groups in total. The molecule has 0 atom stereocenters. The first-order valence-electron chi connectivity index (χ1n) is 6.75. The first-order valence-corrected chi connectivity index (χ1v) is 6.75. The maximum atomic E-state index is 5.63. The Kier molecular flexibility index (Phi) is 3.79. The van der Waals surface area contributed by atoms with Gasteiger partial charge in [-0.25, -0.2) is 0 Å². The molecular formula is C19H16O. The third-order valence-electron chi connectivity index (χ3n) is 3.17. The summed E-state index contributed by atoms with van der Waals surface area (Å²) >= 11 is 0. The quantitative estimate of drug-likeness (QED) is 0.646. The molecule has 0 heterocycles. The molecule has 0 aliphatic carbocycles. The lowest BCUT2D eigenvalue weighted by Gasteiger charge is -2.02. The molecular weight excluding hydrogens is 244 g/mol. The van der Waals surface area contributed by atoms with Crippen LogP contribution in [-0.2, 0) is 0 Å². The number of hydrogen-bond donors (Lipinski definition) is 0. The normalized spacial score (nSPS) is 11.0. The van der Waals surface area contributed by atoms with E-state index in [1.165, 1.54) is 16.3 Å². The summed E-state index contributed by atoms with van der Waals surface area (Å²) in [5.74, 6) is 0.899. The van der Waals surface area contributed by atoms with Crippen LogP contribution in [0.3, 0.4) is 0 Å². The molecule has 98 valence electrons. The molecule has 3 rings (SSSR count). The van der Waals surface area contributed by atoms with Crippen molar-refractivity contribution in [1.29, 1.82) is 0 Å². The van der Waals surface area contributed by atoms with Gasteiger partial charge in [0.15, 0.2) is 0 Å². The van der Waals surface area contributed by atoms with Crippen molar-refractivity contribution in [3.63, 3.8) is 0 Å². The summed E-state index contributed by atoms with van der Waals surface area (Å²) in [6.07, 6.45) is 4.13. The molecule has 20 heavy (non-hydrogen) atoms. The third-order valence-corrected chi connectivity index (χ3v) is 3.17. The van der Waals surface area contributed by atoms with E-state index in [1.54, 1.807) is 0 Å². The SMILES string of the molecule is C(=C\c1ccc2ccccc2c1)/COc1ccccc1. The maximum Gasteiger partial charge on any atom is 0.119 e. The fourth-order valence-electron chi connectivity index (χ4n) is 2.16. The van der Waals surface area contributed by atoms with Crippen LogP contribution in [0.5, 0.6) is 5.75 Å². The van der Waals surface area contributed by atoms with E-state index >= 15 is 0 Å². The van der Waals surface area contributed by atoms with Gasteiger partial charge in [-0.15, -0.1) is 0 Å². The van der Waals surface area contributed by atoms with Gasteiger partial charge in [-0.2, -0.15) is 0 Å². The van der Waals surface area contributed by atoms with Gasteiger partial charge in [0.2, 0.25) is 0 Å². The highest BCUT2D eigenvalue weighted by Crippen LogP contribution is 2.16. The molecule has 0 aromatic heterocycles. The standard InChI is InChI=1S/C19H16O/c1-2-10-19(11-3-1)20-14-6-7-16-12-13-17-8-4-5-9-18(17)15-16/h1-13,15H,14H2/b7-6+. The van der Waals surface area contributed by atoms with E-state index in [-0.39, 0.29) is 0 Å². The van der Waals surface area contributed by atoms with Crippen molar-refractivity contribution in [1.82, 2.24) is 0 Å². The molecule has 3 aromatic carbocycles. The number of para-hydroxylation sites is 1. The highest BCUT2D eigenvalue weighted by molar-refractivity contribution is 5.84. The molecule has 0 aliphatic heterocycles. The average Bonchev–Trinajstić information content (AvgIpc) is 2.52. The molecule has 1 heteroatoms. The van der Waals surface area contributed by atoms with E-state index in [0.717, 1.165) is 5.75 Å². The Morgan fingerprint density at radius 2 is 1.50 bits per heavy atom. The topological polar surface area (TPSA) is 9.23 Å². The first kappa shape index (κ1) is 12.5. The maximum absolute atomic E-state index is 5.63. The zero-order valence-electron chi connectivity index (χ0n) is 11.2. The van der Waals surface area contributed by atoms with Crippen molar-refractivity contribution in [2.75, 3.05) is 6.61 Å². The third kappa shape index (κ3) is 3.07. The number of benzene rings is 3. The van der Waals surface area contributed by atoms with E-state index in [1.807, 2.05) is 36.4 Å². The van der Waals surface area contributed by atoms with Crippen molar-refractivity contribution in [2.45, 2.75) is 0 Å². The van der Waals surface area contributed by atoms with Crippen LogP contribution in [-0.4, -0.2) is 6.61 Å². The minimum absolute atomic E-state index is 0.580. The Bertz CT molecular complexity index is 714. The lowest BCUT2D eigenvalue weighted by molar-refractivity contribution is 0.363. The van der Waals surface area contributed by atoms with Crippen LogP contribution in [0.4, 0.5) is 0 Å². The van der Waals surface area contributed by atoms with Crippen LogP contribution < -0.4 is 4.74 Å². The van der Waals surface area contributed by atoms with Crippen LogP contribution in [0, 0.1) is 0 Å². The number of ether oxygens (including phenoxy) is 1. The minimum Gasteiger partial charge on any atom is -0.490 e. The molecule has 0 amide bonds.